The Hall–Kier alpha value is -1.48. The molecule has 1 aromatic rings. The number of likely N-dealkylation sites (N-methyl/N-ethyl adjacent to an activating group) is 1. The van der Waals surface area contributed by atoms with Gasteiger partial charge in [-0.2, -0.15) is 0 Å². The summed E-state index contributed by atoms with van der Waals surface area (Å²) < 4.78 is 6.31. The first-order valence-electron chi connectivity index (χ1n) is 7.82. The molecule has 3 aliphatic rings. The Morgan fingerprint density at radius 1 is 1.20 bits per heavy atom. The predicted octanol–water partition coefficient (Wildman–Crippen LogP) is 1.26. The van der Waals surface area contributed by atoms with E-state index in [2.05, 4.69) is 37.2 Å². The summed E-state index contributed by atoms with van der Waals surface area (Å²) in [6, 6.07) is 2.36. The minimum absolute atomic E-state index is 0.149. The van der Waals surface area contributed by atoms with Crippen LogP contribution >= 0.6 is 0 Å². The van der Waals surface area contributed by atoms with E-state index in [4.69, 9.17) is 4.74 Å². The summed E-state index contributed by atoms with van der Waals surface area (Å²) in [4.78, 5) is 3.90. The molecule has 3 nitrogen and oxygen atoms in total. The fourth-order valence-electron chi connectivity index (χ4n) is 3.79. The van der Waals surface area contributed by atoms with Gasteiger partial charge in [-0.25, -0.2) is 0 Å². The maximum Gasteiger partial charge on any atom is 0.251 e. The van der Waals surface area contributed by atoms with Crippen molar-refractivity contribution in [1.82, 2.24) is 0 Å². The van der Waals surface area contributed by atoms with Gasteiger partial charge in [0, 0.05) is 36.0 Å². The number of ether oxygens (including phenoxy) is 1. The number of benzene rings is 1. The fourth-order valence-corrected chi connectivity index (χ4v) is 3.79. The van der Waals surface area contributed by atoms with E-state index in [1.54, 1.807) is 0 Å². The van der Waals surface area contributed by atoms with Crippen LogP contribution in [0.2, 0.25) is 0 Å². The molecule has 0 amide bonds. The maximum absolute atomic E-state index is 6.31. The lowest BCUT2D eigenvalue weighted by atomic mass is 9.88. The monoisotopic (exact) mass is 271 g/mol. The molecule has 106 valence electrons. The Morgan fingerprint density at radius 2 is 2.00 bits per heavy atom. The Labute approximate surface area is 120 Å². The number of hydrogen-bond donors (Lipinski definition) is 1. The third-order valence-electron chi connectivity index (χ3n) is 4.77. The van der Waals surface area contributed by atoms with Crippen LogP contribution in [0.4, 0.5) is 5.69 Å². The summed E-state index contributed by atoms with van der Waals surface area (Å²) in [5.74, 6) is 1.16. The average molecular weight is 271 g/mol. The van der Waals surface area contributed by atoms with Gasteiger partial charge in [0.2, 0.25) is 0 Å². The third kappa shape index (κ3) is 1.76. The Morgan fingerprint density at radius 3 is 2.80 bits per heavy atom. The minimum Gasteiger partial charge on any atom is -0.438 e. The molecule has 4 rings (SSSR count). The van der Waals surface area contributed by atoms with Crippen molar-refractivity contribution >= 4 is 11.8 Å². The van der Waals surface area contributed by atoms with Crippen molar-refractivity contribution in [3.8, 4) is 5.75 Å². The maximum atomic E-state index is 6.31. The van der Waals surface area contributed by atoms with Crippen molar-refractivity contribution in [2.24, 2.45) is 0 Å². The fraction of sp³-hybridized carbons (Fsp3) is 0.529. The van der Waals surface area contributed by atoms with Crippen LogP contribution in [-0.2, 0) is 12.8 Å². The number of fused-ring (bicyclic) bond motifs is 2. The van der Waals surface area contributed by atoms with Crippen LogP contribution in [0.1, 0.15) is 29.5 Å². The molecule has 0 spiro atoms. The summed E-state index contributed by atoms with van der Waals surface area (Å²) in [6.45, 7) is 2.44. The van der Waals surface area contributed by atoms with Gasteiger partial charge in [0.05, 0.1) is 14.1 Å². The molecule has 1 aromatic carbocycles. The van der Waals surface area contributed by atoms with Crippen LogP contribution < -0.4 is 14.5 Å². The number of hydrogen-bond acceptors (Lipinski definition) is 2. The molecule has 0 aromatic heterocycles. The molecule has 0 fully saturated rings. The van der Waals surface area contributed by atoms with E-state index in [1.165, 1.54) is 66.1 Å². The van der Waals surface area contributed by atoms with E-state index in [-0.39, 0.29) is 6.23 Å². The quantitative estimate of drug-likeness (QED) is 0.828. The molecule has 20 heavy (non-hydrogen) atoms. The normalized spacial score (nSPS) is 23.4. The summed E-state index contributed by atoms with van der Waals surface area (Å²) in [5, 5.41) is 0. The van der Waals surface area contributed by atoms with Crippen molar-refractivity contribution < 1.29 is 9.64 Å². The molecular formula is C17H23N2O+. The first-order valence-corrected chi connectivity index (χ1v) is 7.82. The smallest absolute Gasteiger partial charge is 0.251 e. The molecule has 0 radical (unpaired) electrons. The number of aryl methyl sites for hydroxylation is 1. The topological polar surface area (TPSA) is 16.9 Å². The number of nitrogens with one attached hydrogen (secondary N) is 1. The lowest BCUT2D eigenvalue weighted by Gasteiger charge is -2.39. The molecule has 1 unspecified atom stereocenters. The lowest BCUT2D eigenvalue weighted by Crippen LogP contribution is -3.10. The van der Waals surface area contributed by atoms with Crippen LogP contribution in [0.15, 0.2) is 12.1 Å². The van der Waals surface area contributed by atoms with Gasteiger partial charge in [0.25, 0.3) is 6.23 Å². The predicted molar refractivity (Wildman–Crippen MR) is 81.6 cm³/mol. The number of rotatable bonds is 1. The van der Waals surface area contributed by atoms with Gasteiger partial charge < -0.3 is 14.5 Å². The molecule has 3 aliphatic heterocycles. The van der Waals surface area contributed by atoms with Crippen molar-refractivity contribution in [2.75, 3.05) is 32.1 Å². The number of quaternary nitrogens is 1. The molecular weight excluding hydrogens is 248 g/mol. The summed E-state index contributed by atoms with van der Waals surface area (Å²) in [6.07, 6.45) is 9.56. The second-order valence-electron chi connectivity index (χ2n) is 6.45. The number of anilines is 1. The highest BCUT2D eigenvalue weighted by molar-refractivity contribution is 5.75. The highest BCUT2D eigenvalue weighted by atomic mass is 16.5. The van der Waals surface area contributed by atoms with Crippen LogP contribution in [0.3, 0.4) is 0 Å². The largest absolute Gasteiger partial charge is 0.438 e. The zero-order chi connectivity index (χ0) is 13.7. The molecule has 3 heteroatoms. The molecule has 0 aliphatic carbocycles. The zero-order valence-electron chi connectivity index (χ0n) is 12.4. The van der Waals surface area contributed by atoms with Crippen LogP contribution in [0.25, 0.3) is 6.08 Å². The minimum atomic E-state index is 0.149. The van der Waals surface area contributed by atoms with Gasteiger partial charge >= 0.3 is 0 Å². The van der Waals surface area contributed by atoms with Crippen molar-refractivity contribution in [3.63, 3.8) is 0 Å². The average Bonchev–Trinajstić information content (AvgIpc) is 2.47. The van der Waals surface area contributed by atoms with Gasteiger partial charge in [0.1, 0.15) is 5.75 Å². The number of nitrogens with zero attached hydrogens (tertiary/aromatic N) is 1. The molecule has 1 N–H and O–H groups in total. The van der Waals surface area contributed by atoms with Crippen molar-refractivity contribution in [2.45, 2.75) is 31.9 Å². The third-order valence-corrected chi connectivity index (χ3v) is 4.77. The molecule has 0 saturated heterocycles. The van der Waals surface area contributed by atoms with E-state index < -0.39 is 0 Å². The molecule has 3 heterocycles. The van der Waals surface area contributed by atoms with E-state index in [9.17, 15) is 0 Å². The molecule has 0 bridgehead atoms. The lowest BCUT2D eigenvalue weighted by molar-refractivity contribution is -0.897. The molecule has 0 saturated carbocycles. The van der Waals surface area contributed by atoms with Gasteiger partial charge in [-0.15, -0.1) is 0 Å². The van der Waals surface area contributed by atoms with Gasteiger partial charge in [-0.1, -0.05) is 0 Å². The van der Waals surface area contributed by atoms with E-state index >= 15 is 0 Å². The summed E-state index contributed by atoms with van der Waals surface area (Å²) in [5.41, 5.74) is 5.80. The van der Waals surface area contributed by atoms with Crippen LogP contribution in [0.5, 0.6) is 5.75 Å². The zero-order valence-corrected chi connectivity index (χ0v) is 12.4. The Kier molecular flexibility index (Phi) is 2.77. The SMILES string of the molecule is C[NH+](C)C1C=Cc2cc3c4c(c2O1)CCCN4CCC3. The first-order chi connectivity index (χ1) is 9.74. The summed E-state index contributed by atoms with van der Waals surface area (Å²) >= 11 is 0. The van der Waals surface area contributed by atoms with Gasteiger partial charge in [0.15, 0.2) is 0 Å². The van der Waals surface area contributed by atoms with Crippen LogP contribution in [0, 0.1) is 0 Å². The first kappa shape index (κ1) is 12.3. The standard InChI is InChI=1S/C17H22N2O/c1-18(2)15-8-7-13-11-12-5-3-9-19-10-4-6-14(16(12)19)17(13)20-15/h7-8,11,15H,3-6,9-10H2,1-2H3/p+1. The second kappa shape index (κ2) is 4.52. The van der Waals surface area contributed by atoms with Crippen molar-refractivity contribution in [1.29, 1.82) is 0 Å². The van der Waals surface area contributed by atoms with Crippen molar-refractivity contribution in [3.05, 3.63) is 28.8 Å². The Balaban J connectivity index is 1.86. The summed E-state index contributed by atoms with van der Waals surface area (Å²) in [7, 11) is 4.30. The second-order valence-corrected chi connectivity index (χ2v) is 6.45. The highest BCUT2D eigenvalue weighted by Gasteiger charge is 2.31. The molecule has 1 atom stereocenters. The van der Waals surface area contributed by atoms with E-state index in [1.807, 2.05) is 0 Å². The van der Waals surface area contributed by atoms with E-state index in [0.29, 0.717) is 0 Å². The van der Waals surface area contributed by atoms with Gasteiger partial charge in [-0.05, 0) is 43.4 Å². The van der Waals surface area contributed by atoms with E-state index in [0.717, 1.165) is 5.75 Å². The van der Waals surface area contributed by atoms with Gasteiger partial charge in [-0.3, -0.25) is 0 Å². The Bertz CT molecular complexity index is 575. The van der Waals surface area contributed by atoms with Crippen LogP contribution in [-0.4, -0.2) is 33.4 Å². The highest BCUT2D eigenvalue weighted by Crippen LogP contribution is 2.44.